The van der Waals surface area contributed by atoms with E-state index in [-0.39, 0.29) is 19.7 Å². The van der Waals surface area contributed by atoms with Gasteiger partial charge in [0.15, 0.2) is 0 Å². The summed E-state index contributed by atoms with van der Waals surface area (Å²) in [6.07, 6.45) is 6.90. The van der Waals surface area contributed by atoms with Gasteiger partial charge in [0.05, 0.1) is 43.6 Å². The molecule has 0 atom stereocenters. The standard InChI is InChI=1S/C13H17NO4.C10H13N3O2.C5H10O.H/c1-13(2,3)18-11(15)7-10-6-5-9(8-14-10)12(16)17-4;11-9-2-1-8(7-12-9)10(14)13-3-5-15-6-4-13;1-2-4-6-5-3-1;/h5-6,8H,7H2,1-4H3;1-2,7H,3-6H2,(H2,11,12);1-5H2;/q;;;-1/i;;;1+2. The number of pyridine rings is 2. The number of nitrogen functional groups attached to an aromatic ring is 1. The quantitative estimate of drug-likeness (QED) is 0.567. The summed E-state index contributed by atoms with van der Waals surface area (Å²) in [6.45, 7) is 9.91. The van der Waals surface area contributed by atoms with E-state index in [0.717, 1.165) is 13.2 Å². The van der Waals surface area contributed by atoms with Crippen LogP contribution < -0.4 is 5.73 Å². The van der Waals surface area contributed by atoms with Crippen molar-refractivity contribution in [3.8, 4) is 0 Å². The number of rotatable bonds is 4. The number of aromatic nitrogens is 2. The van der Waals surface area contributed by atoms with Gasteiger partial charge in [-0.25, -0.2) is 9.78 Å². The molecule has 2 aliphatic rings. The summed E-state index contributed by atoms with van der Waals surface area (Å²) >= 11 is 0. The predicted octanol–water partition coefficient (Wildman–Crippen LogP) is 3.19. The van der Waals surface area contributed by atoms with Gasteiger partial charge in [-0.15, -0.1) is 0 Å². The molecule has 2 saturated heterocycles. The minimum Gasteiger partial charge on any atom is -1.00 e. The Morgan fingerprint density at radius 1 is 0.923 bits per heavy atom. The Morgan fingerprint density at radius 3 is 2.00 bits per heavy atom. The Kier molecular flexibility index (Phi) is 13.3. The molecular weight excluding hydrogens is 504 g/mol. The number of carbonyl (C=O) groups is 3. The zero-order valence-corrected chi connectivity index (χ0v) is 23.3. The number of ether oxygens (including phenoxy) is 4. The molecule has 4 heterocycles. The van der Waals surface area contributed by atoms with Crippen molar-refractivity contribution in [3.63, 3.8) is 0 Å². The van der Waals surface area contributed by atoms with Crippen LogP contribution >= 0.6 is 0 Å². The maximum Gasteiger partial charge on any atom is 0.339 e. The van der Waals surface area contributed by atoms with Crippen molar-refractivity contribution in [2.75, 3.05) is 52.4 Å². The molecule has 2 aromatic heterocycles. The van der Waals surface area contributed by atoms with E-state index in [2.05, 4.69) is 14.7 Å². The van der Waals surface area contributed by atoms with Crippen molar-refractivity contribution < 1.29 is 34.8 Å². The Hall–Kier alpha value is -3.57. The van der Waals surface area contributed by atoms with Gasteiger partial charge in [0.2, 0.25) is 0 Å². The molecule has 2 N–H and O–H groups in total. The summed E-state index contributed by atoms with van der Waals surface area (Å²) in [7, 11) is 1.30. The predicted molar refractivity (Wildman–Crippen MR) is 146 cm³/mol. The number of amides is 1. The fraction of sp³-hybridized carbons (Fsp3) is 0.536. The van der Waals surface area contributed by atoms with Crippen molar-refractivity contribution in [1.29, 1.82) is 0 Å². The van der Waals surface area contributed by atoms with Crippen LogP contribution in [0.4, 0.5) is 5.82 Å². The summed E-state index contributed by atoms with van der Waals surface area (Å²) in [4.78, 5) is 44.3. The molecule has 0 aromatic carbocycles. The zero-order chi connectivity index (χ0) is 28.7. The number of hydrogen-bond acceptors (Lipinski definition) is 10. The Bertz CT molecular complexity index is 1020. The van der Waals surface area contributed by atoms with E-state index in [0.29, 0.717) is 48.9 Å². The molecule has 2 fully saturated rings. The molecule has 216 valence electrons. The van der Waals surface area contributed by atoms with E-state index < -0.39 is 11.6 Å². The van der Waals surface area contributed by atoms with E-state index >= 15 is 0 Å². The molecule has 0 aliphatic carbocycles. The molecule has 4 rings (SSSR count). The normalized spacial score (nSPS) is 15.0. The maximum absolute atomic E-state index is 11.9. The van der Waals surface area contributed by atoms with Crippen LogP contribution in [0, 0.1) is 0 Å². The lowest BCUT2D eigenvalue weighted by molar-refractivity contribution is -0.154. The van der Waals surface area contributed by atoms with Crippen LogP contribution in [0.25, 0.3) is 0 Å². The number of nitrogens with zero attached hydrogens (tertiary/aromatic N) is 3. The van der Waals surface area contributed by atoms with E-state index in [4.69, 9.17) is 19.9 Å². The Labute approximate surface area is 231 Å². The second-order valence-electron chi connectivity index (χ2n) is 9.84. The number of methoxy groups -OCH3 is 1. The third-order valence-electron chi connectivity index (χ3n) is 5.40. The molecule has 0 bridgehead atoms. The number of esters is 2. The number of nitrogens with two attached hydrogens (primary N) is 1. The van der Waals surface area contributed by atoms with Crippen molar-refractivity contribution in [2.45, 2.75) is 52.1 Å². The molecule has 0 unspecified atom stereocenters. The van der Waals surface area contributed by atoms with Gasteiger partial charge in [-0.2, -0.15) is 0 Å². The molecule has 2 aromatic rings. The fourth-order valence-corrected chi connectivity index (χ4v) is 3.46. The first-order valence-electron chi connectivity index (χ1n) is 13.0. The van der Waals surface area contributed by atoms with Crippen molar-refractivity contribution in [1.82, 2.24) is 14.9 Å². The van der Waals surface area contributed by atoms with Gasteiger partial charge in [-0.3, -0.25) is 14.6 Å². The van der Waals surface area contributed by atoms with Gasteiger partial charge in [0, 0.05) is 38.7 Å². The fourth-order valence-electron chi connectivity index (χ4n) is 3.46. The highest BCUT2D eigenvalue weighted by molar-refractivity contribution is 5.94. The molecule has 11 heteroatoms. The van der Waals surface area contributed by atoms with Crippen LogP contribution in [0.5, 0.6) is 0 Å². The van der Waals surface area contributed by atoms with E-state index in [1.54, 1.807) is 49.9 Å². The van der Waals surface area contributed by atoms with Crippen LogP contribution in [0.15, 0.2) is 36.7 Å². The molecule has 1 amide bonds. The first-order valence-corrected chi connectivity index (χ1v) is 13.0. The largest absolute Gasteiger partial charge is 1.00 e. The summed E-state index contributed by atoms with van der Waals surface area (Å²) in [5, 5.41) is 0. The molecule has 0 radical (unpaired) electrons. The second-order valence-corrected chi connectivity index (χ2v) is 9.84. The van der Waals surface area contributed by atoms with Gasteiger partial charge in [0.1, 0.15) is 11.4 Å². The van der Waals surface area contributed by atoms with Crippen molar-refractivity contribution >= 4 is 23.7 Å². The molecule has 0 saturated carbocycles. The summed E-state index contributed by atoms with van der Waals surface area (Å²) in [6, 6.07) is 6.50. The number of anilines is 1. The van der Waals surface area contributed by atoms with E-state index in [1.165, 1.54) is 38.8 Å². The summed E-state index contributed by atoms with van der Waals surface area (Å²) in [5.74, 6) is -0.383. The van der Waals surface area contributed by atoms with Gasteiger partial charge in [-0.05, 0) is 64.3 Å². The first-order chi connectivity index (χ1) is 18.6. The van der Waals surface area contributed by atoms with Crippen LogP contribution in [0.2, 0.25) is 0 Å². The van der Waals surface area contributed by atoms with Gasteiger partial charge < -0.3 is 31.0 Å². The number of hydrogen-bond donors (Lipinski definition) is 1. The molecule has 11 nitrogen and oxygen atoms in total. The Morgan fingerprint density at radius 2 is 1.54 bits per heavy atom. The van der Waals surface area contributed by atoms with Crippen LogP contribution in [-0.4, -0.2) is 84.9 Å². The lowest BCUT2D eigenvalue weighted by atomic mass is 10.2. The van der Waals surface area contributed by atoms with Crippen LogP contribution in [0.3, 0.4) is 0 Å². The monoisotopic (exact) mass is 547 g/mol. The average molecular weight is 548 g/mol. The average Bonchev–Trinajstić information content (AvgIpc) is 2.94. The number of carbonyl (C=O) groups excluding carboxylic acids is 3. The minimum absolute atomic E-state index is 0. The van der Waals surface area contributed by atoms with Crippen molar-refractivity contribution in [2.24, 2.45) is 0 Å². The first kappa shape index (κ1) is 31.6. The molecule has 0 spiro atoms. The zero-order valence-electron chi connectivity index (χ0n) is 24.3. The van der Waals surface area contributed by atoms with E-state index in [9.17, 15) is 14.4 Å². The minimum atomic E-state index is -0.511. The van der Waals surface area contributed by atoms with Gasteiger partial charge >= 0.3 is 11.9 Å². The summed E-state index contributed by atoms with van der Waals surface area (Å²) in [5.41, 5.74) is 6.42. The number of morpholine rings is 1. The second kappa shape index (κ2) is 16.4. The van der Waals surface area contributed by atoms with Crippen LogP contribution in [0.1, 0.15) is 67.9 Å². The lowest BCUT2D eigenvalue weighted by Crippen LogP contribution is -2.40. The maximum atomic E-state index is 11.9. The third-order valence-corrected chi connectivity index (χ3v) is 5.40. The third kappa shape index (κ3) is 12.7. The molecule has 2 aliphatic heterocycles. The highest BCUT2D eigenvalue weighted by Gasteiger charge is 2.19. The Balaban J connectivity index is 0.000000327. The summed E-state index contributed by atoms with van der Waals surface area (Å²) < 4.78 is 20.0. The molecule has 39 heavy (non-hydrogen) atoms. The van der Waals surface area contributed by atoms with E-state index in [1.807, 2.05) is 0 Å². The topological polar surface area (TPSA) is 143 Å². The lowest BCUT2D eigenvalue weighted by Gasteiger charge is -2.26. The van der Waals surface area contributed by atoms with Gasteiger partial charge in [-0.1, -0.05) is 0 Å². The van der Waals surface area contributed by atoms with Crippen LogP contribution in [-0.2, 0) is 30.2 Å². The highest BCUT2D eigenvalue weighted by atomic mass is 16.6. The highest BCUT2D eigenvalue weighted by Crippen LogP contribution is 2.10. The SMILES string of the molecule is C1CCOCC1.COC(=O)c1ccc(CC(=O)OC(C)(C)C)nc1.Nc1ccc(C(=O)N2CCOCC2)cn1.[3H-]. The smallest absolute Gasteiger partial charge is 0.339 e. The molecular formula is C28H41N4O7-. The van der Waals surface area contributed by atoms with Crippen molar-refractivity contribution in [3.05, 3.63) is 53.5 Å². The van der Waals surface area contributed by atoms with Gasteiger partial charge in [0.25, 0.3) is 5.91 Å².